The molecule has 1 aliphatic heterocycles. The Morgan fingerprint density at radius 3 is 2.09 bits per heavy atom. The van der Waals surface area contributed by atoms with Crippen LogP contribution in [0.2, 0.25) is 0 Å². The van der Waals surface area contributed by atoms with Gasteiger partial charge in [-0.25, -0.2) is 13.6 Å². The number of carbonyl (C=O) groups is 2. The number of nitrogens with two attached hydrogens (primary N) is 1. The number of amides is 2. The highest BCUT2D eigenvalue weighted by atomic mass is 32.2. The maximum atomic E-state index is 12.3. The van der Waals surface area contributed by atoms with E-state index in [0.29, 0.717) is 31.1 Å². The highest BCUT2D eigenvalue weighted by Crippen LogP contribution is 2.19. The topological polar surface area (TPSA) is 134 Å². The first kappa shape index (κ1) is 24.6. The third-order valence-corrected chi connectivity index (χ3v) is 6.06. The summed E-state index contributed by atoms with van der Waals surface area (Å²) in [7, 11) is -2.02. The Balaban J connectivity index is 1.39. The quantitative estimate of drug-likeness (QED) is 0.494. The standard InChI is InChI=1S/C22H29N5O5S/c1-26(11-10-21(28)24-18-4-8-20(9-5-18)33(23,30)31)16-22(29)25-17-2-6-19(7-3-17)27-12-14-32-15-13-27/h2-9H,10-16H2,1H3,(H,24,28)(H,25,29)(H2,23,30,31). The van der Waals surface area contributed by atoms with E-state index in [-0.39, 0.29) is 29.7 Å². The molecule has 0 aromatic heterocycles. The van der Waals surface area contributed by atoms with Crippen molar-refractivity contribution >= 4 is 38.9 Å². The van der Waals surface area contributed by atoms with Crippen LogP contribution in [0.3, 0.4) is 0 Å². The molecular formula is C22H29N5O5S. The molecule has 3 rings (SSSR count). The molecule has 0 aliphatic carbocycles. The lowest BCUT2D eigenvalue weighted by Gasteiger charge is -2.28. The summed E-state index contributed by atoms with van der Waals surface area (Å²) < 4.78 is 27.9. The van der Waals surface area contributed by atoms with E-state index in [2.05, 4.69) is 15.5 Å². The summed E-state index contributed by atoms with van der Waals surface area (Å²) in [6.45, 7) is 3.66. The summed E-state index contributed by atoms with van der Waals surface area (Å²) in [6, 6.07) is 13.3. The van der Waals surface area contributed by atoms with Crippen LogP contribution in [0.1, 0.15) is 6.42 Å². The highest BCUT2D eigenvalue weighted by Gasteiger charge is 2.13. The molecule has 4 N–H and O–H groups in total. The summed E-state index contributed by atoms with van der Waals surface area (Å²) >= 11 is 0. The summed E-state index contributed by atoms with van der Waals surface area (Å²) in [5.41, 5.74) is 2.28. The molecular weight excluding hydrogens is 446 g/mol. The second-order valence-electron chi connectivity index (χ2n) is 7.80. The van der Waals surface area contributed by atoms with Crippen LogP contribution < -0.4 is 20.7 Å². The molecule has 2 amide bonds. The number of nitrogens with zero attached hydrogens (tertiary/aromatic N) is 2. The number of hydrogen-bond donors (Lipinski definition) is 3. The van der Waals surface area contributed by atoms with E-state index < -0.39 is 10.0 Å². The van der Waals surface area contributed by atoms with E-state index in [9.17, 15) is 18.0 Å². The van der Waals surface area contributed by atoms with E-state index in [4.69, 9.17) is 9.88 Å². The van der Waals surface area contributed by atoms with E-state index in [1.165, 1.54) is 24.3 Å². The number of anilines is 3. The fourth-order valence-electron chi connectivity index (χ4n) is 3.35. The number of carbonyl (C=O) groups excluding carboxylic acids is 2. The normalized spacial score (nSPS) is 14.2. The molecule has 10 nitrogen and oxygen atoms in total. The van der Waals surface area contributed by atoms with Gasteiger partial charge in [0.05, 0.1) is 24.7 Å². The molecule has 1 aliphatic rings. The summed E-state index contributed by atoms with van der Waals surface area (Å²) in [5.74, 6) is -0.417. The number of rotatable bonds is 9. The number of ether oxygens (including phenoxy) is 1. The van der Waals surface area contributed by atoms with Crippen LogP contribution in [-0.2, 0) is 24.3 Å². The molecule has 1 saturated heterocycles. The van der Waals surface area contributed by atoms with Crippen LogP contribution >= 0.6 is 0 Å². The molecule has 0 radical (unpaired) electrons. The second kappa shape index (κ2) is 11.2. The van der Waals surface area contributed by atoms with Gasteiger partial charge in [-0.05, 0) is 55.6 Å². The Morgan fingerprint density at radius 2 is 1.52 bits per heavy atom. The maximum Gasteiger partial charge on any atom is 0.238 e. The van der Waals surface area contributed by atoms with Crippen LogP contribution in [0.4, 0.5) is 17.1 Å². The summed E-state index contributed by atoms with van der Waals surface area (Å²) in [4.78, 5) is 28.4. The van der Waals surface area contributed by atoms with Crippen molar-refractivity contribution in [2.75, 3.05) is 62.0 Å². The molecule has 0 atom stereocenters. The molecule has 0 saturated carbocycles. The van der Waals surface area contributed by atoms with Crippen LogP contribution in [0, 0.1) is 0 Å². The van der Waals surface area contributed by atoms with Crippen molar-refractivity contribution in [3.63, 3.8) is 0 Å². The minimum absolute atomic E-state index is 0.0259. The lowest BCUT2D eigenvalue weighted by molar-refractivity contribution is -0.119. The maximum absolute atomic E-state index is 12.3. The number of nitrogens with one attached hydrogen (secondary N) is 2. The third kappa shape index (κ3) is 7.82. The lowest BCUT2D eigenvalue weighted by atomic mass is 10.2. The van der Waals surface area contributed by atoms with Gasteiger partial charge in [0, 0.05) is 43.1 Å². The van der Waals surface area contributed by atoms with Crippen molar-refractivity contribution < 1.29 is 22.7 Å². The van der Waals surface area contributed by atoms with Gasteiger partial charge in [-0.2, -0.15) is 0 Å². The van der Waals surface area contributed by atoms with Gasteiger partial charge in [0.2, 0.25) is 21.8 Å². The molecule has 11 heteroatoms. The van der Waals surface area contributed by atoms with Gasteiger partial charge >= 0.3 is 0 Å². The number of hydrogen-bond acceptors (Lipinski definition) is 7. The minimum atomic E-state index is -3.78. The van der Waals surface area contributed by atoms with Gasteiger partial charge < -0.3 is 20.3 Å². The first-order chi connectivity index (χ1) is 15.7. The van der Waals surface area contributed by atoms with E-state index in [0.717, 1.165) is 18.8 Å². The lowest BCUT2D eigenvalue weighted by Crippen LogP contribution is -2.36. The number of morpholine rings is 1. The van der Waals surface area contributed by atoms with Gasteiger partial charge in [0.1, 0.15) is 0 Å². The number of likely N-dealkylation sites (N-methyl/N-ethyl adjacent to an activating group) is 1. The molecule has 33 heavy (non-hydrogen) atoms. The molecule has 178 valence electrons. The van der Waals surface area contributed by atoms with Crippen molar-refractivity contribution in [2.45, 2.75) is 11.3 Å². The third-order valence-electron chi connectivity index (χ3n) is 5.13. The van der Waals surface area contributed by atoms with Crippen LogP contribution in [0.25, 0.3) is 0 Å². The summed E-state index contributed by atoms with van der Waals surface area (Å²) in [5, 5.41) is 10.6. The van der Waals surface area contributed by atoms with Gasteiger partial charge in [-0.1, -0.05) is 0 Å². The fraction of sp³-hybridized carbons (Fsp3) is 0.364. The second-order valence-corrected chi connectivity index (χ2v) is 9.36. The highest BCUT2D eigenvalue weighted by molar-refractivity contribution is 7.89. The van der Waals surface area contributed by atoms with Crippen molar-refractivity contribution in [1.82, 2.24) is 4.90 Å². The monoisotopic (exact) mass is 475 g/mol. The van der Waals surface area contributed by atoms with Crippen LogP contribution in [-0.4, -0.2) is 71.6 Å². The zero-order valence-electron chi connectivity index (χ0n) is 18.5. The van der Waals surface area contributed by atoms with Crippen molar-refractivity contribution in [1.29, 1.82) is 0 Å². The first-order valence-electron chi connectivity index (χ1n) is 10.5. The van der Waals surface area contributed by atoms with E-state index in [1.54, 1.807) is 11.9 Å². The molecule has 0 unspecified atom stereocenters. The van der Waals surface area contributed by atoms with Crippen LogP contribution in [0.5, 0.6) is 0 Å². The fourth-order valence-corrected chi connectivity index (χ4v) is 3.86. The molecule has 0 bridgehead atoms. The molecule has 1 heterocycles. The minimum Gasteiger partial charge on any atom is -0.378 e. The molecule has 2 aromatic rings. The average molecular weight is 476 g/mol. The number of primary sulfonamides is 1. The predicted octanol–water partition coefficient (Wildman–Crippen LogP) is 1.07. The first-order valence-corrected chi connectivity index (χ1v) is 12.1. The Kier molecular flexibility index (Phi) is 8.39. The molecule has 1 fully saturated rings. The largest absolute Gasteiger partial charge is 0.378 e. The average Bonchev–Trinajstić information content (AvgIpc) is 2.78. The van der Waals surface area contributed by atoms with Gasteiger partial charge in [0.15, 0.2) is 0 Å². The van der Waals surface area contributed by atoms with Gasteiger partial charge in [0.25, 0.3) is 0 Å². The van der Waals surface area contributed by atoms with Crippen molar-refractivity contribution in [3.05, 3.63) is 48.5 Å². The zero-order valence-corrected chi connectivity index (χ0v) is 19.3. The number of sulfonamides is 1. The Labute approximate surface area is 193 Å². The Morgan fingerprint density at radius 1 is 0.970 bits per heavy atom. The smallest absolute Gasteiger partial charge is 0.238 e. The summed E-state index contributed by atoms with van der Waals surface area (Å²) in [6.07, 6.45) is 0.176. The molecule has 2 aromatic carbocycles. The Hall–Kier alpha value is -2.99. The zero-order chi connectivity index (χ0) is 23.8. The SMILES string of the molecule is CN(CCC(=O)Nc1ccc(S(N)(=O)=O)cc1)CC(=O)Nc1ccc(N2CCOCC2)cc1. The Bertz CT molecular complexity index is 1050. The number of benzene rings is 2. The van der Waals surface area contributed by atoms with E-state index >= 15 is 0 Å². The molecule has 0 spiro atoms. The van der Waals surface area contributed by atoms with E-state index in [1.807, 2.05) is 24.3 Å². The van der Waals surface area contributed by atoms with Gasteiger partial charge in [-0.15, -0.1) is 0 Å². The van der Waals surface area contributed by atoms with Crippen LogP contribution in [0.15, 0.2) is 53.4 Å². The predicted molar refractivity (Wildman–Crippen MR) is 127 cm³/mol. The van der Waals surface area contributed by atoms with Gasteiger partial charge in [-0.3, -0.25) is 14.5 Å². The van der Waals surface area contributed by atoms with Crippen molar-refractivity contribution in [2.24, 2.45) is 5.14 Å². The van der Waals surface area contributed by atoms with Crippen molar-refractivity contribution in [3.8, 4) is 0 Å².